The van der Waals surface area contributed by atoms with Crippen molar-refractivity contribution < 1.29 is 9.90 Å². The van der Waals surface area contributed by atoms with Gasteiger partial charge in [0.2, 0.25) is 0 Å². The van der Waals surface area contributed by atoms with Gasteiger partial charge < -0.3 is 5.11 Å². The summed E-state index contributed by atoms with van der Waals surface area (Å²) in [6, 6.07) is 4.32. The summed E-state index contributed by atoms with van der Waals surface area (Å²) in [6.07, 6.45) is 3.31. The minimum Gasteiger partial charge on any atom is -0.481 e. The van der Waals surface area contributed by atoms with Gasteiger partial charge in [-0.05, 0) is 61.3 Å². The number of carboxylic acids is 1. The predicted molar refractivity (Wildman–Crippen MR) is 63.7 cm³/mol. The summed E-state index contributed by atoms with van der Waals surface area (Å²) >= 11 is 0. The quantitative estimate of drug-likeness (QED) is 0.828. The van der Waals surface area contributed by atoms with E-state index in [2.05, 4.69) is 26.0 Å². The molecule has 1 N–H and O–H groups in total. The van der Waals surface area contributed by atoms with E-state index in [1.54, 1.807) is 0 Å². The van der Waals surface area contributed by atoms with Gasteiger partial charge in [-0.2, -0.15) is 0 Å². The Morgan fingerprint density at radius 1 is 1.31 bits per heavy atom. The highest BCUT2D eigenvalue weighted by Gasteiger charge is 2.22. The van der Waals surface area contributed by atoms with Crippen molar-refractivity contribution in [3.05, 3.63) is 34.4 Å². The molecule has 0 saturated carbocycles. The lowest BCUT2D eigenvalue weighted by molar-refractivity contribution is -0.138. The van der Waals surface area contributed by atoms with Crippen LogP contribution in [0.3, 0.4) is 0 Å². The number of carbonyl (C=O) groups is 1. The van der Waals surface area contributed by atoms with E-state index in [4.69, 9.17) is 5.11 Å². The standard InChI is InChI=1S/C14H18O2/c1-9-3-4-10(2)13-7-11(8-14(15)16)5-6-12(9)13/h3-4,11H,5-8H2,1-2H3,(H,15,16). The highest BCUT2D eigenvalue weighted by atomic mass is 16.4. The van der Waals surface area contributed by atoms with Crippen molar-refractivity contribution >= 4 is 5.97 Å². The van der Waals surface area contributed by atoms with Crippen LogP contribution in [0.4, 0.5) is 0 Å². The van der Waals surface area contributed by atoms with E-state index in [1.807, 2.05) is 0 Å². The van der Waals surface area contributed by atoms with Crippen molar-refractivity contribution in [2.45, 2.75) is 39.5 Å². The first-order chi connectivity index (χ1) is 7.58. The lowest BCUT2D eigenvalue weighted by atomic mass is 9.79. The minimum absolute atomic E-state index is 0.312. The Bertz CT molecular complexity index is 421. The van der Waals surface area contributed by atoms with Crippen LogP contribution in [0.5, 0.6) is 0 Å². The van der Waals surface area contributed by atoms with Gasteiger partial charge in [0.15, 0.2) is 0 Å². The third kappa shape index (κ3) is 2.11. The van der Waals surface area contributed by atoms with Crippen molar-refractivity contribution in [1.29, 1.82) is 0 Å². The Kier molecular flexibility index (Phi) is 2.99. The highest BCUT2D eigenvalue weighted by Crippen LogP contribution is 2.31. The first-order valence-corrected chi connectivity index (χ1v) is 5.87. The molecule has 0 bridgehead atoms. The summed E-state index contributed by atoms with van der Waals surface area (Å²) in [5, 5.41) is 8.84. The van der Waals surface area contributed by atoms with Crippen LogP contribution < -0.4 is 0 Å². The number of aliphatic carboxylic acids is 1. The number of carboxylic acid groups (broad SMARTS) is 1. The van der Waals surface area contributed by atoms with Crippen LogP contribution in [0.25, 0.3) is 0 Å². The molecule has 0 aromatic heterocycles. The minimum atomic E-state index is -0.668. The lowest BCUT2D eigenvalue weighted by Crippen LogP contribution is -2.19. The summed E-state index contributed by atoms with van der Waals surface area (Å²) in [4.78, 5) is 10.7. The van der Waals surface area contributed by atoms with E-state index in [9.17, 15) is 4.79 Å². The van der Waals surface area contributed by atoms with Crippen molar-refractivity contribution in [2.24, 2.45) is 5.92 Å². The van der Waals surface area contributed by atoms with Gasteiger partial charge in [-0.15, -0.1) is 0 Å². The Balaban J connectivity index is 2.26. The molecular weight excluding hydrogens is 200 g/mol. The first kappa shape index (κ1) is 11.2. The lowest BCUT2D eigenvalue weighted by Gasteiger charge is -2.26. The van der Waals surface area contributed by atoms with Crippen LogP contribution in [0.2, 0.25) is 0 Å². The van der Waals surface area contributed by atoms with E-state index in [-0.39, 0.29) is 0 Å². The number of fused-ring (bicyclic) bond motifs is 1. The van der Waals surface area contributed by atoms with Gasteiger partial charge in [0, 0.05) is 6.42 Å². The van der Waals surface area contributed by atoms with E-state index in [1.165, 1.54) is 22.3 Å². The number of aryl methyl sites for hydroxylation is 2. The van der Waals surface area contributed by atoms with Crippen LogP contribution in [0, 0.1) is 19.8 Å². The summed E-state index contributed by atoms with van der Waals surface area (Å²) in [5.74, 6) is -0.343. The van der Waals surface area contributed by atoms with Crippen LogP contribution in [0.1, 0.15) is 35.1 Å². The van der Waals surface area contributed by atoms with E-state index < -0.39 is 5.97 Å². The normalized spacial score (nSPS) is 19.2. The summed E-state index contributed by atoms with van der Waals surface area (Å²) < 4.78 is 0. The second-order valence-electron chi connectivity index (χ2n) is 4.86. The molecule has 0 heterocycles. The first-order valence-electron chi connectivity index (χ1n) is 5.87. The van der Waals surface area contributed by atoms with Crippen LogP contribution in [-0.4, -0.2) is 11.1 Å². The molecule has 1 aliphatic rings. The van der Waals surface area contributed by atoms with Crippen LogP contribution in [-0.2, 0) is 17.6 Å². The molecule has 0 amide bonds. The fourth-order valence-electron chi connectivity index (χ4n) is 2.72. The zero-order chi connectivity index (χ0) is 11.7. The van der Waals surface area contributed by atoms with Crippen molar-refractivity contribution in [1.82, 2.24) is 0 Å². The average Bonchev–Trinajstić information content (AvgIpc) is 2.23. The largest absolute Gasteiger partial charge is 0.481 e. The molecule has 2 rings (SSSR count). The predicted octanol–water partition coefficient (Wildman–Crippen LogP) is 2.88. The molecule has 2 nitrogen and oxygen atoms in total. The topological polar surface area (TPSA) is 37.3 Å². The smallest absolute Gasteiger partial charge is 0.303 e. The van der Waals surface area contributed by atoms with Gasteiger partial charge in [-0.1, -0.05) is 12.1 Å². The van der Waals surface area contributed by atoms with Gasteiger partial charge in [0.25, 0.3) is 0 Å². The molecule has 1 unspecified atom stereocenters. The Labute approximate surface area is 96.3 Å². The van der Waals surface area contributed by atoms with E-state index >= 15 is 0 Å². The fraction of sp³-hybridized carbons (Fsp3) is 0.500. The molecule has 1 atom stereocenters. The maximum Gasteiger partial charge on any atom is 0.303 e. The molecule has 86 valence electrons. The van der Waals surface area contributed by atoms with E-state index in [0.717, 1.165) is 19.3 Å². The third-order valence-electron chi connectivity index (χ3n) is 3.66. The number of hydrogen-bond acceptors (Lipinski definition) is 1. The molecule has 0 saturated heterocycles. The molecule has 0 radical (unpaired) electrons. The van der Waals surface area contributed by atoms with Gasteiger partial charge >= 0.3 is 5.97 Å². The Hall–Kier alpha value is -1.31. The third-order valence-corrected chi connectivity index (χ3v) is 3.66. The molecular formula is C14H18O2. The molecule has 2 heteroatoms. The van der Waals surface area contributed by atoms with Gasteiger partial charge in [-0.3, -0.25) is 4.79 Å². The number of benzene rings is 1. The SMILES string of the molecule is Cc1ccc(C)c2c1CCC(CC(=O)O)C2. The summed E-state index contributed by atoms with van der Waals surface area (Å²) in [5.41, 5.74) is 5.53. The molecule has 1 aromatic carbocycles. The summed E-state index contributed by atoms with van der Waals surface area (Å²) in [6.45, 7) is 4.28. The van der Waals surface area contributed by atoms with Crippen LogP contribution in [0.15, 0.2) is 12.1 Å². The maximum atomic E-state index is 10.7. The van der Waals surface area contributed by atoms with Crippen molar-refractivity contribution in [3.8, 4) is 0 Å². The molecule has 0 fully saturated rings. The highest BCUT2D eigenvalue weighted by molar-refractivity contribution is 5.67. The zero-order valence-corrected chi connectivity index (χ0v) is 9.92. The molecule has 1 aliphatic carbocycles. The van der Waals surface area contributed by atoms with E-state index in [0.29, 0.717) is 12.3 Å². The number of rotatable bonds is 2. The molecule has 16 heavy (non-hydrogen) atoms. The zero-order valence-electron chi connectivity index (χ0n) is 9.92. The molecule has 0 aliphatic heterocycles. The second kappa shape index (κ2) is 4.28. The molecule has 0 spiro atoms. The maximum absolute atomic E-state index is 10.7. The number of hydrogen-bond donors (Lipinski definition) is 1. The van der Waals surface area contributed by atoms with Gasteiger partial charge in [0.05, 0.1) is 0 Å². The van der Waals surface area contributed by atoms with Crippen LogP contribution >= 0.6 is 0 Å². The average molecular weight is 218 g/mol. The Morgan fingerprint density at radius 3 is 2.56 bits per heavy atom. The Morgan fingerprint density at radius 2 is 1.94 bits per heavy atom. The summed E-state index contributed by atoms with van der Waals surface area (Å²) in [7, 11) is 0. The van der Waals surface area contributed by atoms with Crippen molar-refractivity contribution in [2.75, 3.05) is 0 Å². The van der Waals surface area contributed by atoms with Gasteiger partial charge in [0.1, 0.15) is 0 Å². The monoisotopic (exact) mass is 218 g/mol. The fourth-order valence-corrected chi connectivity index (χ4v) is 2.72. The van der Waals surface area contributed by atoms with Crippen molar-refractivity contribution in [3.63, 3.8) is 0 Å². The second-order valence-corrected chi connectivity index (χ2v) is 4.86. The molecule has 1 aromatic rings. The van der Waals surface area contributed by atoms with Gasteiger partial charge in [-0.25, -0.2) is 0 Å².